The number of ether oxygens (including phenoxy) is 2. The Labute approximate surface area is 117 Å². The summed E-state index contributed by atoms with van der Waals surface area (Å²) in [6.07, 6.45) is 5.43. The second kappa shape index (κ2) is 7.81. The summed E-state index contributed by atoms with van der Waals surface area (Å²) in [5.41, 5.74) is 0.797. The first-order valence-electron chi connectivity index (χ1n) is 6.43. The minimum absolute atomic E-state index is 0.286. The van der Waals surface area contributed by atoms with Crippen LogP contribution in [0.2, 0.25) is 0 Å². The zero-order valence-corrected chi connectivity index (χ0v) is 11.7. The molecule has 112 valence electrons. The zero-order chi connectivity index (χ0) is 15.1. The summed E-state index contributed by atoms with van der Waals surface area (Å²) >= 11 is 0. The fourth-order valence-electron chi connectivity index (χ4n) is 1.20. The number of epoxide rings is 2. The number of hydrogen-bond acceptors (Lipinski definition) is 4. The van der Waals surface area contributed by atoms with Gasteiger partial charge in [0, 0.05) is 11.1 Å². The third-order valence-electron chi connectivity index (χ3n) is 2.85. The van der Waals surface area contributed by atoms with Crippen molar-refractivity contribution in [1.29, 1.82) is 0 Å². The molecule has 0 bridgehead atoms. The maximum Gasteiger partial charge on any atom is 0.330 e. The van der Waals surface area contributed by atoms with Crippen LogP contribution in [0.1, 0.15) is 26.7 Å². The lowest BCUT2D eigenvalue weighted by Crippen LogP contribution is -1.96. The Morgan fingerprint density at radius 2 is 1.25 bits per heavy atom. The van der Waals surface area contributed by atoms with Gasteiger partial charge >= 0.3 is 11.9 Å². The first kappa shape index (κ1) is 16.4. The molecule has 2 atom stereocenters. The SMILES string of the molecule is CC(=CCC1CO1)C(=O)O.CC(=CCC1CO1)C(=O)O. The van der Waals surface area contributed by atoms with E-state index in [2.05, 4.69) is 0 Å². The Kier molecular flexibility index (Phi) is 6.41. The van der Waals surface area contributed by atoms with E-state index in [1.54, 1.807) is 26.0 Å². The molecule has 2 heterocycles. The molecule has 0 aliphatic carbocycles. The lowest BCUT2D eigenvalue weighted by Gasteiger charge is -1.89. The van der Waals surface area contributed by atoms with Crippen LogP contribution in [0.15, 0.2) is 23.3 Å². The molecule has 0 aromatic heterocycles. The molecule has 0 radical (unpaired) electrons. The molecule has 0 spiro atoms. The standard InChI is InChI=1S/2C7H10O3/c2*1-5(7(8)9)2-3-6-4-10-6/h2*2,6H,3-4H2,1H3,(H,8,9). The third kappa shape index (κ3) is 7.70. The van der Waals surface area contributed by atoms with Crippen molar-refractivity contribution < 1.29 is 29.3 Å². The fourth-order valence-corrected chi connectivity index (χ4v) is 1.20. The highest BCUT2D eigenvalue weighted by molar-refractivity contribution is 5.86. The minimum atomic E-state index is -0.847. The average molecular weight is 284 g/mol. The van der Waals surface area contributed by atoms with Gasteiger partial charge < -0.3 is 19.7 Å². The maximum absolute atomic E-state index is 10.2. The molecule has 0 aromatic rings. The summed E-state index contributed by atoms with van der Waals surface area (Å²) in [4.78, 5) is 20.4. The molecule has 2 fully saturated rings. The van der Waals surface area contributed by atoms with Crippen LogP contribution in [0.25, 0.3) is 0 Å². The molecule has 6 nitrogen and oxygen atoms in total. The van der Waals surface area contributed by atoms with E-state index in [1.807, 2.05) is 0 Å². The van der Waals surface area contributed by atoms with E-state index in [0.29, 0.717) is 11.1 Å². The highest BCUT2D eigenvalue weighted by Gasteiger charge is 2.21. The topological polar surface area (TPSA) is 99.7 Å². The number of rotatable bonds is 6. The Balaban J connectivity index is 0.000000200. The van der Waals surface area contributed by atoms with Crippen LogP contribution in [0.5, 0.6) is 0 Å². The maximum atomic E-state index is 10.2. The summed E-state index contributed by atoms with van der Waals surface area (Å²) < 4.78 is 9.80. The van der Waals surface area contributed by atoms with E-state index in [-0.39, 0.29) is 12.2 Å². The largest absolute Gasteiger partial charge is 0.478 e. The second-order valence-electron chi connectivity index (χ2n) is 4.77. The first-order chi connectivity index (χ1) is 9.40. The van der Waals surface area contributed by atoms with Crippen molar-refractivity contribution in [1.82, 2.24) is 0 Å². The molecule has 2 N–H and O–H groups in total. The van der Waals surface area contributed by atoms with E-state index < -0.39 is 11.9 Å². The van der Waals surface area contributed by atoms with Crippen LogP contribution in [-0.4, -0.2) is 47.6 Å². The molecule has 2 aliphatic heterocycles. The quantitative estimate of drug-likeness (QED) is 0.568. The van der Waals surface area contributed by atoms with Crippen LogP contribution in [0.4, 0.5) is 0 Å². The summed E-state index contributed by atoms with van der Waals surface area (Å²) in [5, 5.41) is 16.8. The first-order valence-corrected chi connectivity index (χ1v) is 6.43. The number of carbonyl (C=O) groups is 2. The summed E-state index contributed by atoms with van der Waals surface area (Å²) in [7, 11) is 0. The molecular weight excluding hydrogens is 264 g/mol. The molecule has 20 heavy (non-hydrogen) atoms. The minimum Gasteiger partial charge on any atom is -0.478 e. The van der Waals surface area contributed by atoms with Crippen molar-refractivity contribution in [3.8, 4) is 0 Å². The van der Waals surface area contributed by atoms with E-state index in [0.717, 1.165) is 26.1 Å². The Hall–Kier alpha value is -1.66. The lowest BCUT2D eigenvalue weighted by atomic mass is 10.2. The van der Waals surface area contributed by atoms with Gasteiger partial charge in [0.2, 0.25) is 0 Å². The molecular formula is C14H20O6. The van der Waals surface area contributed by atoms with E-state index in [4.69, 9.17) is 19.7 Å². The molecule has 2 rings (SSSR count). The van der Waals surface area contributed by atoms with Gasteiger partial charge in [-0.1, -0.05) is 12.2 Å². The number of carboxylic acid groups (broad SMARTS) is 2. The number of carboxylic acids is 2. The normalized spacial score (nSPS) is 24.5. The van der Waals surface area contributed by atoms with Crippen LogP contribution < -0.4 is 0 Å². The van der Waals surface area contributed by atoms with E-state index >= 15 is 0 Å². The van der Waals surface area contributed by atoms with Crippen molar-refractivity contribution in [2.75, 3.05) is 13.2 Å². The number of hydrogen-bond donors (Lipinski definition) is 2. The van der Waals surface area contributed by atoms with Gasteiger partial charge in [0.05, 0.1) is 25.4 Å². The summed E-state index contributed by atoms with van der Waals surface area (Å²) in [6.45, 7) is 4.74. The molecule has 0 aromatic carbocycles. The predicted molar refractivity (Wildman–Crippen MR) is 71.5 cm³/mol. The van der Waals surface area contributed by atoms with Gasteiger partial charge in [-0.05, 0) is 26.7 Å². The molecule has 2 saturated heterocycles. The Bertz CT molecular complexity index is 375. The monoisotopic (exact) mass is 284 g/mol. The van der Waals surface area contributed by atoms with Crippen LogP contribution >= 0.6 is 0 Å². The van der Waals surface area contributed by atoms with Crippen molar-refractivity contribution >= 4 is 11.9 Å². The fraction of sp³-hybridized carbons (Fsp3) is 0.571. The molecule has 2 aliphatic rings. The van der Waals surface area contributed by atoms with Crippen molar-refractivity contribution in [3.05, 3.63) is 23.3 Å². The Morgan fingerprint density at radius 1 is 0.950 bits per heavy atom. The van der Waals surface area contributed by atoms with Gasteiger partial charge in [-0.2, -0.15) is 0 Å². The highest BCUT2D eigenvalue weighted by atomic mass is 16.6. The lowest BCUT2D eigenvalue weighted by molar-refractivity contribution is -0.133. The van der Waals surface area contributed by atoms with Gasteiger partial charge in [0.1, 0.15) is 0 Å². The van der Waals surface area contributed by atoms with Gasteiger partial charge in [-0.25, -0.2) is 9.59 Å². The molecule has 2 unspecified atom stereocenters. The van der Waals surface area contributed by atoms with Gasteiger partial charge in [0.15, 0.2) is 0 Å². The molecule has 6 heteroatoms. The third-order valence-corrected chi connectivity index (χ3v) is 2.85. The highest BCUT2D eigenvalue weighted by Crippen LogP contribution is 2.15. The Morgan fingerprint density at radius 3 is 1.45 bits per heavy atom. The van der Waals surface area contributed by atoms with Crippen LogP contribution in [0.3, 0.4) is 0 Å². The van der Waals surface area contributed by atoms with Crippen molar-refractivity contribution in [3.63, 3.8) is 0 Å². The van der Waals surface area contributed by atoms with Crippen molar-refractivity contribution in [2.45, 2.75) is 38.9 Å². The molecule has 0 amide bonds. The van der Waals surface area contributed by atoms with Gasteiger partial charge in [0.25, 0.3) is 0 Å². The van der Waals surface area contributed by atoms with E-state index in [9.17, 15) is 9.59 Å². The van der Waals surface area contributed by atoms with Gasteiger partial charge in [-0.3, -0.25) is 0 Å². The summed E-state index contributed by atoms with van der Waals surface area (Å²) in [5.74, 6) is -1.69. The molecule has 0 saturated carbocycles. The second-order valence-corrected chi connectivity index (χ2v) is 4.77. The average Bonchev–Trinajstić information content (AvgIpc) is 3.27. The van der Waals surface area contributed by atoms with E-state index in [1.165, 1.54) is 0 Å². The number of aliphatic carboxylic acids is 2. The predicted octanol–water partition coefficient (Wildman–Crippen LogP) is 1.61. The van der Waals surface area contributed by atoms with Crippen LogP contribution in [-0.2, 0) is 19.1 Å². The summed E-state index contributed by atoms with van der Waals surface area (Å²) in [6, 6.07) is 0. The van der Waals surface area contributed by atoms with Gasteiger partial charge in [-0.15, -0.1) is 0 Å². The smallest absolute Gasteiger partial charge is 0.330 e. The van der Waals surface area contributed by atoms with Crippen molar-refractivity contribution in [2.24, 2.45) is 0 Å². The van der Waals surface area contributed by atoms with Crippen LogP contribution in [0, 0.1) is 0 Å². The zero-order valence-electron chi connectivity index (χ0n) is 11.7.